The monoisotopic (exact) mass is 251 g/mol. The lowest BCUT2D eigenvalue weighted by molar-refractivity contribution is -0.384. The van der Waals surface area contributed by atoms with E-state index in [-0.39, 0.29) is 28.9 Å². The van der Waals surface area contributed by atoms with Crippen LogP contribution in [0.5, 0.6) is 5.75 Å². The van der Waals surface area contributed by atoms with Gasteiger partial charge in [0, 0.05) is 13.0 Å². The third kappa shape index (κ3) is 2.12. The Morgan fingerprint density at radius 3 is 2.83 bits per heavy atom. The molecule has 0 spiro atoms. The molecule has 0 radical (unpaired) electrons. The highest BCUT2D eigenvalue weighted by molar-refractivity contribution is 5.98. The van der Waals surface area contributed by atoms with Gasteiger partial charge in [-0.3, -0.25) is 14.9 Å². The van der Waals surface area contributed by atoms with Gasteiger partial charge in [-0.2, -0.15) is 0 Å². The molecular weight excluding hydrogens is 238 g/mol. The largest absolute Gasteiger partial charge is 0.508 e. The first kappa shape index (κ1) is 12.3. The molecule has 1 atom stereocenters. The minimum Gasteiger partial charge on any atom is -0.508 e. The second-order valence-electron chi connectivity index (χ2n) is 4.24. The van der Waals surface area contributed by atoms with E-state index in [9.17, 15) is 20.0 Å². The summed E-state index contributed by atoms with van der Waals surface area (Å²) in [4.78, 5) is 23.5. The van der Waals surface area contributed by atoms with Gasteiger partial charge in [-0.1, -0.05) is 0 Å². The average molecular weight is 251 g/mol. The number of nitro groups is 1. The summed E-state index contributed by atoms with van der Waals surface area (Å²) < 4.78 is 0. The number of phenolic OH excluding ortho intramolecular Hbond substituents is 1. The van der Waals surface area contributed by atoms with Crippen molar-refractivity contribution in [2.24, 2.45) is 11.7 Å². The topological polar surface area (TPSA) is 110 Å². The van der Waals surface area contributed by atoms with Crippen molar-refractivity contribution in [1.29, 1.82) is 0 Å². The molecule has 1 amide bonds. The summed E-state index contributed by atoms with van der Waals surface area (Å²) in [5.74, 6) is -0.363. The number of phenols is 1. The Balaban J connectivity index is 2.39. The molecule has 1 saturated heterocycles. The molecule has 3 N–H and O–H groups in total. The number of anilines is 1. The molecule has 0 bridgehead atoms. The molecule has 1 unspecified atom stereocenters. The maximum absolute atomic E-state index is 11.8. The molecule has 96 valence electrons. The highest BCUT2D eigenvalue weighted by Crippen LogP contribution is 2.34. The van der Waals surface area contributed by atoms with E-state index in [1.54, 1.807) is 0 Å². The number of hydrogen-bond donors (Lipinski definition) is 2. The van der Waals surface area contributed by atoms with Crippen LogP contribution in [0, 0.1) is 16.0 Å². The van der Waals surface area contributed by atoms with E-state index in [4.69, 9.17) is 5.73 Å². The number of amides is 1. The van der Waals surface area contributed by atoms with Crippen LogP contribution in [0.25, 0.3) is 0 Å². The number of nitrogens with two attached hydrogens (primary N) is 1. The summed E-state index contributed by atoms with van der Waals surface area (Å²) in [7, 11) is 0. The Bertz CT molecular complexity index is 503. The number of carbonyl (C=O) groups excluding carboxylic acids is 1. The molecular formula is C11H13N3O4. The van der Waals surface area contributed by atoms with Gasteiger partial charge in [-0.15, -0.1) is 0 Å². The van der Waals surface area contributed by atoms with E-state index >= 15 is 0 Å². The van der Waals surface area contributed by atoms with E-state index in [1.807, 2.05) is 0 Å². The second kappa shape index (κ2) is 4.61. The third-order valence-corrected chi connectivity index (χ3v) is 2.98. The van der Waals surface area contributed by atoms with Gasteiger partial charge in [0.05, 0.1) is 11.0 Å². The Morgan fingerprint density at radius 2 is 2.28 bits per heavy atom. The summed E-state index contributed by atoms with van der Waals surface area (Å²) >= 11 is 0. The van der Waals surface area contributed by atoms with E-state index in [0.29, 0.717) is 19.5 Å². The lowest BCUT2D eigenvalue weighted by Gasteiger charge is -2.16. The van der Waals surface area contributed by atoms with Crippen molar-refractivity contribution in [2.45, 2.75) is 6.42 Å². The van der Waals surface area contributed by atoms with E-state index in [2.05, 4.69) is 0 Å². The highest BCUT2D eigenvalue weighted by Gasteiger charge is 2.33. The van der Waals surface area contributed by atoms with Crippen LogP contribution in [0.4, 0.5) is 11.4 Å². The van der Waals surface area contributed by atoms with Gasteiger partial charge in [0.15, 0.2) is 0 Å². The predicted octanol–water partition coefficient (Wildman–Crippen LogP) is 0.612. The zero-order chi connectivity index (χ0) is 13.3. The Morgan fingerprint density at radius 1 is 1.56 bits per heavy atom. The predicted molar refractivity (Wildman–Crippen MR) is 64.3 cm³/mol. The highest BCUT2D eigenvalue weighted by atomic mass is 16.6. The van der Waals surface area contributed by atoms with Crippen molar-refractivity contribution in [3.05, 3.63) is 28.3 Å². The first-order valence-corrected chi connectivity index (χ1v) is 5.50. The molecule has 1 fully saturated rings. The van der Waals surface area contributed by atoms with E-state index < -0.39 is 4.92 Å². The number of benzene rings is 1. The van der Waals surface area contributed by atoms with Crippen LogP contribution < -0.4 is 10.6 Å². The molecule has 1 aliphatic rings. The lowest BCUT2D eigenvalue weighted by atomic mass is 10.1. The lowest BCUT2D eigenvalue weighted by Crippen LogP contribution is -2.26. The summed E-state index contributed by atoms with van der Waals surface area (Å²) in [6.07, 6.45) is 0.300. The van der Waals surface area contributed by atoms with Gasteiger partial charge in [-0.25, -0.2) is 0 Å². The van der Waals surface area contributed by atoms with Crippen molar-refractivity contribution in [2.75, 3.05) is 18.0 Å². The minimum atomic E-state index is -0.613. The Kier molecular flexibility index (Phi) is 3.15. The van der Waals surface area contributed by atoms with E-state index in [0.717, 1.165) is 6.07 Å². The van der Waals surface area contributed by atoms with Crippen LogP contribution in [-0.4, -0.2) is 29.0 Å². The summed E-state index contributed by atoms with van der Waals surface area (Å²) in [5, 5.41) is 20.2. The number of carbonyl (C=O) groups is 1. The molecule has 7 heteroatoms. The fourth-order valence-corrected chi connectivity index (χ4v) is 2.06. The van der Waals surface area contributed by atoms with Crippen LogP contribution in [0.3, 0.4) is 0 Å². The smallest absolute Gasteiger partial charge is 0.296 e. The third-order valence-electron chi connectivity index (χ3n) is 2.98. The first-order chi connectivity index (χ1) is 8.52. The molecule has 0 saturated carbocycles. The van der Waals surface area contributed by atoms with Crippen molar-refractivity contribution in [3.63, 3.8) is 0 Å². The number of hydrogen-bond acceptors (Lipinski definition) is 5. The van der Waals surface area contributed by atoms with E-state index in [1.165, 1.54) is 17.0 Å². The van der Waals surface area contributed by atoms with Gasteiger partial charge in [0.2, 0.25) is 5.91 Å². The van der Waals surface area contributed by atoms with Crippen molar-refractivity contribution < 1.29 is 14.8 Å². The maximum atomic E-state index is 11.8. The quantitative estimate of drug-likeness (QED) is 0.604. The van der Waals surface area contributed by atoms with Crippen LogP contribution in [0.15, 0.2) is 18.2 Å². The maximum Gasteiger partial charge on any atom is 0.296 e. The molecule has 0 aliphatic carbocycles. The molecule has 2 rings (SSSR count). The van der Waals surface area contributed by atoms with Crippen LogP contribution >= 0.6 is 0 Å². The van der Waals surface area contributed by atoms with Crippen LogP contribution in [-0.2, 0) is 4.79 Å². The molecule has 1 heterocycles. The summed E-state index contributed by atoms with van der Waals surface area (Å²) in [6.45, 7) is 0.745. The van der Waals surface area contributed by atoms with Gasteiger partial charge >= 0.3 is 0 Å². The normalized spacial score (nSPS) is 19.3. The number of aromatic hydroxyl groups is 1. The molecule has 1 aliphatic heterocycles. The van der Waals surface area contributed by atoms with Crippen LogP contribution in [0.2, 0.25) is 0 Å². The Labute approximate surface area is 103 Å². The van der Waals surface area contributed by atoms with Crippen LogP contribution in [0.1, 0.15) is 6.42 Å². The van der Waals surface area contributed by atoms with Gasteiger partial charge in [0.1, 0.15) is 11.4 Å². The van der Waals surface area contributed by atoms with Gasteiger partial charge in [-0.05, 0) is 24.6 Å². The van der Waals surface area contributed by atoms with Crippen molar-refractivity contribution >= 4 is 17.3 Å². The fourth-order valence-electron chi connectivity index (χ4n) is 2.06. The number of nitrogens with zero attached hydrogens (tertiary/aromatic N) is 2. The van der Waals surface area contributed by atoms with Crippen molar-refractivity contribution in [1.82, 2.24) is 0 Å². The Hall–Kier alpha value is -2.15. The number of rotatable bonds is 3. The van der Waals surface area contributed by atoms with Crippen molar-refractivity contribution in [3.8, 4) is 5.75 Å². The summed E-state index contributed by atoms with van der Waals surface area (Å²) in [5.41, 5.74) is 5.44. The molecule has 1 aromatic carbocycles. The average Bonchev–Trinajstić information content (AvgIpc) is 2.70. The second-order valence-corrected chi connectivity index (χ2v) is 4.24. The fraction of sp³-hybridized carbons (Fsp3) is 0.364. The number of nitro benzene ring substituents is 1. The molecule has 18 heavy (non-hydrogen) atoms. The zero-order valence-corrected chi connectivity index (χ0v) is 9.57. The van der Waals surface area contributed by atoms with Gasteiger partial charge in [0.25, 0.3) is 5.69 Å². The SMILES string of the molecule is NCC1CC(=O)N(c2ccc(O)cc2[N+](=O)[O-])C1. The molecule has 0 aromatic heterocycles. The van der Waals surface area contributed by atoms with Gasteiger partial charge < -0.3 is 15.7 Å². The first-order valence-electron chi connectivity index (χ1n) is 5.50. The molecule has 1 aromatic rings. The minimum absolute atomic E-state index is 0.0194. The molecule has 7 nitrogen and oxygen atoms in total. The zero-order valence-electron chi connectivity index (χ0n) is 9.57. The standard InChI is InChI=1S/C11H13N3O4/c12-5-7-3-11(16)13(6-7)9-2-1-8(15)4-10(9)14(17)18/h1-2,4,7,15H,3,5-6,12H2. The summed E-state index contributed by atoms with van der Waals surface area (Å²) in [6, 6.07) is 3.74.